The molecule has 4 unspecified atom stereocenters. The zero-order valence-electron chi connectivity index (χ0n) is 34.8. The number of nitrogens with two attached hydrogens (primary N) is 1. The van der Waals surface area contributed by atoms with Crippen LogP contribution in [0.25, 0.3) is 0 Å². The number of Topliss-reactive ketones (excluding diaryl/α,β-unsaturated/α-hetero) is 4. The monoisotopic (exact) mass is 1330 g/mol. The Morgan fingerprint density at radius 2 is 0.968 bits per heavy atom. The second-order valence-electron chi connectivity index (χ2n) is 14.6. The molecule has 4 aromatic rings. The van der Waals surface area contributed by atoms with Crippen molar-refractivity contribution < 1.29 is 29.2 Å². The normalized spacial score (nSPS) is 14.5. The minimum atomic E-state index is -0.312. The van der Waals surface area contributed by atoms with Gasteiger partial charge in [-0.05, 0) is 110 Å². The number of nitrogens with one attached hydrogen (secondary N) is 1. The molecule has 4 atom stereocenters. The van der Waals surface area contributed by atoms with E-state index in [1.807, 2.05) is 31.3 Å². The maximum absolute atomic E-state index is 11.5. The number of benzene rings is 4. The fraction of sp³-hybridized carbons (Fsp3) is 0.364. The first kappa shape index (κ1) is 58.4. The van der Waals surface area contributed by atoms with Gasteiger partial charge >= 0.3 is 64.9 Å². The van der Waals surface area contributed by atoms with Crippen LogP contribution in [0.5, 0.6) is 5.75 Å². The molecule has 0 aromatic heterocycles. The van der Waals surface area contributed by atoms with Crippen LogP contribution in [0.3, 0.4) is 0 Å². The van der Waals surface area contributed by atoms with Crippen molar-refractivity contribution in [1.29, 1.82) is 0 Å². The number of aryl methyl sites for hydroxylation is 5. The number of carbonyl (C=O) groups is 4. The summed E-state index contributed by atoms with van der Waals surface area (Å²) in [6.45, 7) is 2.08. The second kappa shape index (κ2) is 30.6. The van der Waals surface area contributed by atoms with Gasteiger partial charge in [0.25, 0.3) is 0 Å². The van der Waals surface area contributed by atoms with Crippen LogP contribution in [0, 0.1) is 6.92 Å². The third-order valence-electron chi connectivity index (χ3n) is 10.5. The average molecular weight is 1330 g/mol. The Morgan fingerprint density at radius 1 is 0.613 bits per heavy atom. The van der Waals surface area contributed by atoms with E-state index >= 15 is 0 Å². The number of halogens is 3. The van der Waals surface area contributed by atoms with Crippen molar-refractivity contribution in [2.45, 2.75) is 91.4 Å². The molecule has 0 fully saturated rings. The number of aromatic hydroxyl groups is 1. The first-order valence-electron chi connectivity index (χ1n) is 19.6. The first-order valence-corrected chi connectivity index (χ1v) is 42.2. The Labute approximate surface area is 419 Å². The quantitative estimate of drug-likeness (QED) is 0.105. The summed E-state index contributed by atoms with van der Waals surface area (Å²) in [4.78, 5) is 44.6. The molecule has 62 heavy (non-hydrogen) atoms. The van der Waals surface area contributed by atoms with Crippen molar-refractivity contribution >= 4 is 145 Å². The van der Waals surface area contributed by atoms with Crippen LogP contribution in [0.2, 0.25) is 0 Å². The third kappa shape index (κ3) is 20.2. The molecule has 0 heterocycles. The molecule has 4 aliphatic carbocycles. The van der Waals surface area contributed by atoms with Crippen molar-refractivity contribution in [3.05, 3.63) is 123 Å². The van der Waals surface area contributed by atoms with E-state index in [0.717, 1.165) is 54.5 Å². The van der Waals surface area contributed by atoms with E-state index < -0.39 is 0 Å². The first-order chi connectivity index (χ1) is 28.9. The molecule has 4 N–H and O–H groups in total. The summed E-state index contributed by atoms with van der Waals surface area (Å²) in [6.07, 6.45) is 8.42. The van der Waals surface area contributed by atoms with E-state index in [2.05, 4.69) is 162 Å². The zero-order chi connectivity index (χ0) is 45.2. The molecule has 18 heteroatoms. The Morgan fingerprint density at radius 3 is 1.44 bits per heavy atom. The number of fused-ring (bicyclic) bond motifs is 4. The van der Waals surface area contributed by atoms with Crippen LogP contribution >= 0.6 is 111 Å². The SMILES string of the molecule is C.CN(c1cccc2c1CC(=O)CC2)P(P)P.CNP(P)P.Cc1cccc2c1CC(=O)CC2.Nc1cccc2c1CC(=O)CC2.O=C1CCc2cccc(O)c2C1.[I][V]([I])[I]. The van der Waals surface area contributed by atoms with Gasteiger partial charge in [0, 0.05) is 82.8 Å². The molecule has 338 valence electrons. The van der Waals surface area contributed by atoms with Gasteiger partial charge in [-0.2, -0.15) is 0 Å². The van der Waals surface area contributed by atoms with Crippen LogP contribution in [-0.4, -0.2) is 42.3 Å². The number of ketones is 4. The molecule has 0 radical (unpaired) electrons. The fourth-order valence-electron chi connectivity index (χ4n) is 7.14. The van der Waals surface area contributed by atoms with Gasteiger partial charge in [-0.25, -0.2) is 0 Å². The predicted octanol–water partition coefficient (Wildman–Crippen LogP) is 12.5. The summed E-state index contributed by atoms with van der Waals surface area (Å²) in [5.41, 5.74) is 18.5. The minimum absolute atomic E-state index is 0. The summed E-state index contributed by atoms with van der Waals surface area (Å²) in [6, 6.07) is 23.9. The summed E-state index contributed by atoms with van der Waals surface area (Å²) in [7, 11) is 14.6. The van der Waals surface area contributed by atoms with Crippen LogP contribution < -0.4 is 15.5 Å². The van der Waals surface area contributed by atoms with Gasteiger partial charge in [-0.1, -0.05) is 97.7 Å². The number of phenols is 1. The van der Waals surface area contributed by atoms with Gasteiger partial charge in [0.05, 0.1) is 0 Å². The van der Waals surface area contributed by atoms with E-state index in [-0.39, 0.29) is 38.8 Å². The van der Waals surface area contributed by atoms with E-state index in [0.29, 0.717) is 62.3 Å². The molecule has 0 amide bonds. The van der Waals surface area contributed by atoms with Gasteiger partial charge in [-0.3, -0.25) is 24.3 Å². The molecule has 4 aromatic carbocycles. The van der Waals surface area contributed by atoms with E-state index in [1.54, 1.807) is 6.07 Å². The molecule has 0 spiro atoms. The summed E-state index contributed by atoms with van der Waals surface area (Å²) in [5.74, 6) is 1.55. The zero-order valence-corrected chi connectivity index (χ0v) is 49.1. The summed E-state index contributed by atoms with van der Waals surface area (Å²) >= 11 is 7.39. The van der Waals surface area contributed by atoms with E-state index in [4.69, 9.17) is 5.73 Å². The van der Waals surface area contributed by atoms with Gasteiger partial charge in [0.1, 0.15) is 28.9 Å². The summed E-state index contributed by atoms with van der Waals surface area (Å²) in [5, 5.41) is 12.4. The van der Waals surface area contributed by atoms with Gasteiger partial charge in [0.2, 0.25) is 0 Å². The standard InChI is InChI=1S/C11H16NOP3.C11H12O.C10H11NO.C10H10O2.CH8NP3.CH4.3HI.V/c1-12(16(14)15)11-4-2-3-8-5-6-9(13)7-10(8)11;1-8-3-2-4-9-5-6-10(12)7-11(8)9;11-10-3-1-2-7-4-5-8(12)6-9(7)10;11-8-5-4-7-2-1-3-10(12)9(7)6-8;1-2-5(3)4;;;;;/h2-4H,5-7,14-15H2,1H3;2-4H,5-7H2,1H3;1-3H,4-6,11H2;1-3,12H,4-6H2;2H,3-4H2,1H3;1H4;3*1H;/q;;;;;;;;;+3/p-3. The van der Waals surface area contributed by atoms with E-state index in [1.165, 1.54) is 39.1 Å². The fourth-order valence-corrected chi connectivity index (χ4v) is 8.32. The number of hydrogen-bond donors (Lipinski definition) is 3. The Hall–Kier alpha value is 0.274. The van der Waals surface area contributed by atoms with Gasteiger partial charge in [0.15, 0.2) is 0 Å². The number of phenolic OH excluding ortho intramolecular Hbond substituents is 1. The molecule has 0 bridgehead atoms. The number of anilines is 2. The predicted molar refractivity (Wildman–Crippen MR) is 304 cm³/mol. The van der Waals surface area contributed by atoms with Crippen molar-refractivity contribution in [3.8, 4) is 5.75 Å². The molecule has 8 nitrogen and oxygen atoms in total. The number of carbonyl (C=O) groups excluding carboxylic acids is 4. The molecule has 0 aliphatic heterocycles. The van der Waals surface area contributed by atoms with Crippen LogP contribution in [0.4, 0.5) is 11.4 Å². The topological polar surface area (TPSA) is 130 Å². The molecule has 0 saturated heterocycles. The number of nitrogen functional groups attached to an aromatic ring is 1. The third-order valence-corrected chi connectivity index (χ3v) is 15.5. The summed E-state index contributed by atoms with van der Waals surface area (Å²) < 4.78 is 2.24. The van der Waals surface area contributed by atoms with Gasteiger partial charge < -0.3 is 15.5 Å². The van der Waals surface area contributed by atoms with E-state index in [9.17, 15) is 24.3 Å². The second-order valence-corrected chi connectivity index (χ2v) is 62.7. The van der Waals surface area contributed by atoms with Crippen molar-refractivity contribution in [3.63, 3.8) is 0 Å². The van der Waals surface area contributed by atoms with Crippen molar-refractivity contribution in [2.75, 3.05) is 24.5 Å². The number of nitrogens with zero attached hydrogens (tertiary/aromatic N) is 1. The Balaban J connectivity index is 0.000000267. The van der Waals surface area contributed by atoms with Crippen molar-refractivity contribution in [1.82, 2.24) is 5.09 Å². The maximum atomic E-state index is 11.5. The average Bonchev–Trinajstić information content (AvgIpc) is 3.22. The number of hydrogen-bond acceptors (Lipinski definition) is 8. The van der Waals surface area contributed by atoms with Crippen LogP contribution in [0.15, 0.2) is 72.8 Å². The van der Waals surface area contributed by atoms with Gasteiger partial charge in [-0.15, -0.1) is 0 Å². The molecule has 8 rings (SSSR count). The van der Waals surface area contributed by atoms with Crippen molar-refractivity contribution in [2.24, 2.45) is 0 Å². The molecular weight excluding hydrogens is 1270 g/mol. The number of rotatable bonds is 3. The van der Waals surface area contributed by atoms with Crippen LogP contribution in [-0.2, 0) is 75.5 Å². The molecular formula is C44H61I3N3O5P6V. The molecule has 4 aliphatic rings. The van der Waals surface area contributed by atoms with Crippen LogP contribution in [0.1, 0.15) is 83.2 Å². The Bertz CT molecular complexity index is 1970. The Kier molecular flexibility index (Phi) is 28.8. The molecule has 0 saturated carbocycles.